The lowest BCUT2D eigenvalue weighted by molar-refractivity contribution is -0.137. The van der Waals surface area contributed by atoms with Crippen LogP contribution in [0.4, 0.5) is 18.9 Å². The lowest BCUT2D eigenvalue weighted by atomic mass is 10.1. The van der Waals surface area contributed by atoms with E-state index in [4.69, 9.17) is 0 Å². The van der Waals surface area contributed by atoms with Gasteiger partial charge in [-0.15, -0.1) is 11.8 Å². The van der Waals surface area contributed by atoms with Crippen molar-refractivity contribution >= 4 is 29.3 Å². The smallest absolute Gasteiger partial charge is 0.355 e. The van der Waals surface area contributed by atoms with E-state index in [9.17, 15) is 22.8 Å². The minimum Gasteiger partial charge on any atom is -0.355 e. The number of nitrogens with zero attached hydrogens (tertiary/aromatic N) is 1. The Bertz CT molecular complexity index is 903. The Labute approximate surface area is 177 Å². The molecule has 1 N–H and O–H groups in total. The fraction of sp³-hybridized carbons (Fsp3) is 0.364. The molecular formula is C22H23F3N2O2S. The molecule has 0 aromatic heterocycles. The summed E-state index contributed by atoms with van der Waals surface area (Å²) in [4.78, 5) is 26.9. The zero-order chi connectivity index (χ0) is 21.7. The number of thioether (sulfide) groups is 1. The molecule has 1 aliphatic rings. The first-order valence-electron chi connectivity index (χ1n) is 9.73. The number of benzene rings is 2. The monoisotopic (exact) mass is 436 g/mol. The number of carbonyl (C=O) groups excluding carboxylic acids is 2. The summed E-state index contributed by atoms with van der Waals surface area (Å²) < 4.78 is 39.5. The number of hydrogen-bond acceptors (Lipinski definition) is 3. The van der Waals surface area contributed by atoms with E-state index in [1.165, 1.54) is 22.7 Å². The van der Waals surface area contributed by atoms with E-state index in [0.717, 1.165) is 17.7 Å². The van der Waals surface area contributed by atoms with Crippen molar-refractivity contribution in [2.45, 2.75) is 42.5 Å². The summed E-state index contributed by atoms with van der Waals surface area (Å²) in [5.41, 5.74) is 0.388. The maximum Gasteiger partial charge on any atom is 0.416 e. The zero-order valence-electron chi connectivity index (χ0n) is 16.5. The summed E-state index contributed by atoms with van der Waals surface area (Å²) >= 11 is 1.47. The Hall–Kier alpha value is -2.48. The Morgan fingerprint density at radius 3 is 2.60 bits per heavy atom. The number of carbonyl (C=O) groups is 2. The van der Waals surface area contributed by atoms with Gasteiger partial charge in [0.25, 0.3) is 0 Å². The molecular weight excluding hydrogens is 413 g/mol. The topological polar surface area (TPSA) is 49.4 Å². The SMILES string of the molecule is C[C@@H]1CCN(C(=O)CCNC(=O)Cc2ccccc2)c2cc(C(F)(F)F)ccc2S1. The molecule has 2 aromatic carbocycles. The second-order valence-corrected chi connectivity index (χ2v) is 8.69. The van der Waals surface area contributed by atoms with Gasteiger partial charge in [0.15, 0.2) is 0 Å². The molecule has 8 heteroatoms. The number of amides is 2. The van der Waals surface area contributed by atoms with E-state index in [0.29, 0.717) is 23.5 Å². The summed E-state index contributed by atoms with van der Waals surface area (Å²) in [5, 5.41) is 2.90. The van der Waals surface area contributed by atoms with E-state index in [1.54, 1.807) is 0 Å². The third-order valence-corrected chi connectivity index (χ3v) is 6.07. The van der Waals surface area contributed by atoms with Crippen molar-refractivity contribution in [2.24, 2.45) is 0 Å². The van der Waals surface area contributed by atoms with Crippen LogP contribution in [0, 0.1) is 0 Å². The number of hydrogen-bond donors (Lipinski definition) is 1. The normalized spacial score (nSPS) is 16.5. The van der Waals surface area contributed by atoms with Crippen LogP contribution in [0.1, 0.15) is 30.9 Å². The number of nitrogens with one attached hydrogen (secondary N) is 1. The number of alkyl halides is 3. The lowest BCUT2D eigenvalue weighted by Crippen LogP contribution is -2.36. The lowest BCUT2D eigenvalue weighted by Gasteiger charge is -2.24. The molecule has 3 rings (SSSR count). The fourth-order valence-corrected chi connectivity index (χ4v) is 4.35. The first kappa shape index (κ1) is 22.2. The van der Waals surface area contributed by atoms with Crippen molar-refractivity contribution in [3.8, 4) is 0 Å². The third-order valence-electron chi connectivity index (χ3n) is 4.83. The van der Waals surface area contributed by atoms with Crippen molar-refractivity contribution in [2.75, 3.05) is 18.0 Å². The molecule has 0 bridgehead atoms. The van der Waals surface area contributed by atoms with Gasteiger partial charge in [-0.2, -0.15) is 13.2 Å². The summed E-state index contributed by atoms with van der Waals surface area (Å²) in [5.74, 6) is -0.501. The average molecular weight is 436 g/mol. The fourth-order valence-electron chi connectivity index (χ4n) is 3.26. The van der Waals surface area contributed by atoms with Crippen molar-refractivity contribution in [1.29, 1.82) is 0 Å². The summed E-state index contributed by atoms with van der Waals surface area (Å²) in [7, 11) is 0. The molecule has 4 nitrogen and oxygen atoms in total. The molecule has 30 heavy (non-hydrogen) atoms. The van der Waals surface area contributed by atoms with Gasteiger partial charge in [-0.25, -0.2) is 0 Å². The van der Waals surface area contributed by atoms with Crippen LogP contribution in [0.2, 0.25) is 0 Å². The summed E-state index contributed by atoms with van der Waals surface area (Å²) in [6.45, 7) is 2.47. The molecule has 1 atom stereocenters. The Kier molecular flexibility index (Phi) is 7.07. The summed E-state index contributed by atoms with van der Waals surface area (Å²) in [6, 6.07) is 12.8. The Morgan fingerprint density at radius 2 is 1.90 bits per heavy atom. The standard InChI is InChI=1S/C22H23F3N2O2S/c1-15-10-12-27(18-14-17(22(23,24)25)7-8-19(18)30-15)21(29)9-11-26-20(28)13-16-5-3-2-4-6-16/h2-8,14-15H,9-13H2,1H3,(H,26,28)/t15-/m1/s1. The van der Waals surface area contributed by atoms with Gasteiger partial charge >= 0.3 is 6.18 Å². The molecule has 160 valence electrons. The molecule has 0 saturated heterocycles. The van der Waals surface area contributed by atoms with Crippen LogP contribution in [0.5, 0.6) is 0 Å². The van der Waals surface area contributed by atoms with E-state index in [-0.39, 0.29) is 36.5 Å². The van der Waals surface area contributed by atoms with Crippen LogP contribution < -0.4 is 10.2 Å². The van der Waals surface area contributed by atoms with Crippen molar-refractivity contribution < 1.29 is 22.8 Å². The largest absolute Gasteiger partial charge is 0.416 e. The van der Waals surface area contributed by atoms with Crippen molar-refractivity contribution in [1.82, 2.24) is 5.32 Å². The predicted octanol–water partition coefficient (Wildman–Crippen LogP) is 4.67. The second kappa shape index (κ2) is 9.55. The average Bonchev–Trinajstić information content (AvgIpc) is 2.85. The highest BCUT2D eigenvalue weighted by atomic mass is 32.2. The third kappa shape index (κ3) is 5.78. The maximum absolute atomic E-state index is 13.2. The zero-order valence-corrected chi connectivity index (χ0v) is 17.4. The Morgan fingerprint density at radius 1 is 1.17 bits per heavy atom. The van der Waals surface area contributed by atoms with E-state index in [2.05, 4.69) is 5.32 Å². The maximum atomic E-state index is 13.2. The molecule has 0 saturated carbocycles. The minimum absolute atomic E-state index is 0.0231. The van der Waals surface area contributed by atoms with Crippen LogP contribution in [0.15, 0.2) is 53.4 Å². The molecule has 0 aliphatic carbocycles. The van der Waals surface area contributed by atoms with E-state index < -0.39 is 11.7 Å². The molecule has 0 spiro atoms. The van der Waals surface area contributed by atoms with Gasteiger partial charge in [0, 0.05) is 29.7 Å². The van der Waals surface area contributed by atoms with Crippen molar-refractivity contribution in [3.63, 3.8) is 0 Å². The number of anilines is 1. The van der Waals surface area contributed by atoms with Crippen LogP contribution >= 0.6 is 11.8 Å². The molecule has 1 aliphatic heterocycles. The summed E-state index contributed by atoms with van der Waals surface area (Å²) in [6.07, 6.45) is -3.56. The second-order valence-electron chi connectivity index (χ2n) is 7.21. The highest BCUT2D eigenvalue weighted by Crippen LogP contribution is 2.41. The molecule has 2 aromatic rings. The van der Waals surface area contributed by atoms with Crippen LogP contribution in [0.25, 0.3) is 0 Å². The van der Waals surface area contributed by atoms with Gasteiger partial charge in [-0.1, -0.05) is 37.3 Å². The predicted molar refractivity (Wildman–Crippen MR) is 112 cm³/mol. The Balaban J connectivity index is 1.66. The first-order valence-corrected chi connectivity index (χ1v) is 10.6. The molecule has 0 unspecified atom stereocenters. The molecule has 0 fully saturated rings. The van der Waals surface area contributed by atoms with E-state index in [1.807, 2.05) is 37.3 Å². The van der Waals surface area contributed by atoms with Crippen molar-refractivity contribution in [3.05, 3.63) is 59.7 Å². The highest BCUT2D eigenvalue weighted by Gasteiger charge is 2.33. The van der Waals surface area contributed by atoms with Gasteiger partial charge in [-0.05, 0) is 30.2 Å². The van der Waals surface area contributed by atoms with Gasteiger partial charge in [-0.3, -0.25) is 9.59 Å². The molecule has 1 heterocycles. The van der Waals surface area contributed by atoms with Gasteiger partial charge in [0.2, 0.25) is 11.8 Å². The van der Waals surface area contributed by atoms with Crippen LogP contribution in [-0.2, 0) is 22.2 Å². The highest BCUT2D eigenvalue weighted by molar-refractivity contribution is 8.00. The minimum atomic E-state index is -4.47. The number of halogens is 3. The molecule has 2 amide bonds. The van der Waals surface area contributed by atoms with Gasteiger partial charge in [0.05, 0.1) is 17.7 Å². The van der Waals surface area contributed by atoms with Gasteiger partial charge in [0.1, 0.15) is 0 Å². The van der Waals surface area contributed by atoms with E-state index >= 15 is 0 Å². The van der Waals surface area contributed by atoms with Crippen LogP contribution in [-0.4, -0.2) is 30.2 Å². The molecule has 0 radical (unpaired) electrons. The van der Waals surface area contributed by atoms with Gasteiger partial charge < -0.3 is 10.2 Å². The van der Waals surface area contributed by atoms with Crippen LogP contribution in [0.3, 0.4) is 0 Å². The number of rotatable bonds is 5. The number of fused-ring (bicyclic) bond motifs is 1. The quantitative estimate of drug-likeness (QED) is 0.741. The first-order chi connectivity index (χ1) is 14.2.